The average Bonchev–Trinajstić information content (AvgIpc) is 2.92. The van der Waals surface area contributed by atoms with Gasteiger partial charge in [-0.3, -0.25) is 9.59 Å². The Labute approximate surface area is 173 Å². The first-order chi connectivity index (χ1) is 13.1. The molecule has 4 heteroatoms. The molecule has 0 aliphatic heterocycles. The van der Waals surface area contributed by atoms with Crippen LogP contribution in [-0.2, 0) is 9.59 Å². The summed E-state index contributed by atoms with van der Waals surface area (Å²) in [6.45, 7) is 10.7. The molecule has 154 valence electrons. The van der Waals surface area contributed by atoms with Crippen LogP contribution in [0.5, 0.6) is 0 Å². The number of hydrogen-bond acceptors (Lipinski definition) is 4. The number of hydrogen-bond donors (Lipinski definition) is 1. The van der Waals surface area contributed by atoms with Gasteiger partial charge in [0.15, 0.2) is 10.9 Å². The fraction of sp³-hybridized carbons (Fsp3) is 0.750. The maximum atomic E-state index is 12.2. The van der Waals surface area contributed by atoms with E-state index in [2.05, 4.69) is 27.7 Å². The lowest BCUT2D eigenvalue weighted by atomic mass is 9.46. The first-order valence-corrected chi connectivity index (χ1v) is 11.7. The van der Waals surface area contributed by atoms with Crippen LogP contribution in [-0.4, -0.2) is 27.4 Å². The van der Waals surface area contributed by atoms with Gasteiger partial charge >= 0.3 is 0 Å². The summed E-state index contributed by atoms with van der Waals surface area (Å²) < 4.78 is 0. The predicted molar refractivity (Wildman–Crippen MR) is 114 cm³/mol. The number of rotatable bonds is 1. The van der Waals surface area contributed by atoms with Gasteiger partial charge < -0.3 is 5.11 Å². The highest BCUT2D eigenvalue weighted by Gasteiger charge is 2.63. The van der Waals surface area contributed by atoms with Gasteiger partial charge in [0, 0.05) is 18.6 Å². The molecule has 28 heavy (non-hydrogen) atoms. The fourth-order valence-electron chi connectivity index (χ4n) is 7.58. The van der Waals surface area contributed by atoms with E-state index in [0.717, 1.165) is 32.1 Å². The van der Waals surface area contributed by atoms with Crippen molar-refractivity contribution >= 4 is 22.7 Å². The Morgan fingerprint density at radius 2 is 1.89 bits per heavy atom. The second-order valence-electron chi connectivity index (χ2n) is 10.3. The minimum Gasteiger partial charge on any atom is -0.393 e. The Bertz CT molecular complexity index is 777. The Hall–Kier alpha value is -0.870. The van der Waals surface area contributed by atoms with Crippen molar-refractivity contribution in [1.82, 2.24) is 0 Å². The molecule has 4 aliphatic carbocycles. The number of aliphatic hydroxyl groups is 1. The molecule has 3 fully saturated rings. The Morgan fingerprint density at radius 1 is 1.18 bits per heavy atom. The molecule has 0 aromatic carbocycles. The number of carbonyl (C=O) groups is 2. The van der Waals surface area contributed by atoms with Crippen LogP contribution in [0.3, 0.4) is 0 Å². The SMILES string of the molecule is CC(=O)SC1CC2=CC(=O)CC[C@]2(C)C2[C@@H]1[C@@H]1CCC(=C(C)C)[C@@]1(C)C[C@@H]2O. The molecule has 0 radical (unpaired) electrons. The monoisotopic (exact) mass is 402 g/mol. The van der Waals surface area contributed by atoms with E-state index in [-0.39, 0.29) is 39.0 Å². The molecule has 0 heterocycles. The number of fused-ring (bicyclic) bond motifs is 5. The van der Waals surface area contributed by atoms with Crippen molar-refractivity contribution in [2.45, 2.75) is 84.5 Å². The van der Waals surface area contributed by atoms with Gasteiger partial charge in [-0.1, -0.05) is 42.3 Å². The molecule has 1 N–H and O–H groups in total. The van der Waals surface area contributed by atoms with E-state index in [0.29, 0.717) is 18.3 Å². The van der Waals surface area contributed by atoms with Gasteiger partial charge in [0.25, 0.3) is 0 Å². The minimum atomic E-state index is -0.379. The Morgan fingerprint density at radius 3 is 2.54 bits per heavy atom. The second kappa shape index (κ2) is 6.84. The van der Waals surface area contributed by atoms with Gasteiger partial charge in [0.2, 0.25) is 0 Å². The summed E-state index contributed by atoms with van der Waals surface area (Å²) in [5, 5.41) is 11.8. The van der Waals surface area contributed by atoms with Gasteiger partial charge in [0.05, 0.1) is 6.10 Å². The van der Waals surface area contributed by atoms with E-state index in [1.807, 2.05) is 6.08 Å². The number of aliphatic hydroxyl groups excluding tert-OH is 1. The van der Waals surface area contributed by atoms with Crippen LogP contribution < -0.4 is 0 Å². The number of carbonyl (C=O) groups excluding carboxylic acids is 2. The topological polar surface area (TPSA) is 54.4 Å². The van der Waals surface area contributed by atoms with Crippen LogP contribution in [0.25, 0.3) is 0 Å². The highest BCUT2D eigenvalue weighted by atomic mass is 32.2. The lowest BCUT2D eigenvalue weighted by molar-refractivity contribution is -0.123. The van der Waals surface area contributed by atoms with Crippen LogP contribution in [0.15, 0.2) is 22.8 Å². The van der Waals surface area contributed by atoms with Crippen molar-refractivity contribution in [3.05, 3.63) is 22.8 Å². The molecule has 4 aliphatic rings. The lowest BCUT2D eigenvalue weighted by Gasteiger charge is -2.61. The normalized spacial score (nSPS) is 45.1. The third-order valence-corrected chi connectivity index (χ3v) is 9.72. The van der Waals surface area contributed by atoms with Crippen molar-refractivity contribution in [3.8, 4) is 0 Å². The van der Waals surface area contributed by atoms with Crippen LogP contribution in [0.4, 0.5) is 0 Å². The largest absolute Gasteiger partial charge is 0.393 e. The third kappa shape index (κ3) is 2.89. The number of ketones is 1. The molecule has 0 aromatic heterocycles. The van der Waals surface area contributed by atoms with Crippen molar-refractivity contribution in [3.63, 3.8) is 0 Å². The van der Waals surface area contributed by atoms with Gasteiger partial charge in [-0.2, -0.15) is 0 Å². The Balaban J connectivity index is 1.83. The maximum Gasteiger partial charge on any atom is 0.186 e. The zero-order valence-electron chi connectivity index (χ0n) is 17.9. The van der Waals surface area contributed by atoms with Gasteiger partial charge in [-0.05, 0) is 80.6 Å². The molecule has 0 bridgehead atoms. The smallest absolute Gasteiger partial charge is 0.186 e. The zero-order valence-corrected chi connectivity index (χ0v) is 18.7. The minimum absolute atomic E-state index is 0.0388. The first kappa shape index (κ1) is 20.4. The molecule has 0 saturated heterocycles. The summed E-state index contributed by atoms with van der Waals surface area (Å²) in [5.74, 6) is 1.20. The van der Waals surface area contributed by atoms with Gasteiger partial charge in [-0.15, -0.1) is 0 Å². The van der Waals surface area contributed by atoms with Crippen LogP contribution in [0.1, 0.15) is 73.1 Å². The average molecular weight is 403 g/mol. The van der Waals surface area contributed by atoms with Crippen LogP contribution in [0, 0.1) is 28.6 Å². The Kier molecular flexibility index (Phi) is 4.98. The predicted octanol–water partition coefficient (Wildman–Crippen LogP) is 5.08. The fourth-order valence-corrected chi connectivity index (χ4v) is 8.79. The molecule has 2 unspecified atom stereocenters. The lowest BCUT2D eigenvalue weighted by Crippen LogP contribution is -2.59. The van der Waals surface area contributed by atoms with Crippen LogP contribution >= 0.6 is 11.8 Å². The number of allylic oxidation sites excluding steroid dienone is 3. The third-order valence-electron chi connectivity index (χ3n) is 8.61. The highest BCUT2D eigenvalue weighted by molar-refractivity contribution is 8.14. The van der Waals surface area contributed by atoms with E-state index in [1.54, 1.807) is 6.92 Å². The van der Waals surface area contributed by atoms with Gasteiger partial charge in [-0.25, -0.2) is 0 Å². The van der Waals surface area contributed by atoms with E-state index < -0.39 is 0 Å². The molecule has 3 nitrogen and oxygen atoms in total. The van der Waals surface area contributed by atoms with Crippen LogP contribution in [0.2, 0.25) is 0 Å². The molecule has 3 saturated carbocycles. The van der Waals surface area contributed by atoms with Crippen molar-refractivity contribution in [1.29, 1.82) is 0 Å². The second-order valence-corrected chi connectivity index (χ2v) is 11.7. The van der Waals surface area contributed by atoms with E-state index in [1.165, 1.54) is 28.5 Å². The quantitative estimate of drug-likeness (QED) is 0.621. The van der Waals surface area contributed by atoms with E-state index >= 15 is 0 Å². The highest BCUT2D eigenvalue weighted by Crippen LogP contribution is 2.68. The molecule has 4 rings (SSSR count). The summed E-state index contributed by atoms with van der Waals surface area (Å²) in [6, 6.07) is 0. The zero-order chi connectivity index (χ0) is 20.4. The molecule has 0 amide bonds. The molecule has 0 spiro atoms. The summed E-state index contributed by atoms with van der Waals surface area (Å²) in [5.41, 5.74) is 4.05. The van der Waals surface area contributed by atoms with E-state index in [4.69, 9.17) is 0 Å². The maximum absolute atomic E-state index is 12.2. The standard InChI is InChI=1S/C24H34O3S/c1-13(2)17-6-7-18-21-20(28-14(3)25)11-15-10-16(26)8-9-23(15,4)22(21)19(27)12-24(17,18)5/h10,18-22,27H,6-9,11-12H2,1-5H3/t18-,19-,20?,21+,22?,23-,24+/m0/s1. The molecule has 7 atom stereocenters. The molecule has 0 aromatic rings. The van der Waals surface area contributed by atoms with Crippen molar-refractivity contribution < 1.29 is 14.7 Å². The molecular formula is C24H34O3S. The molecular weight excluding hydrogens is 368 g/mol. The summed E-state index contributed by atoms with van der Waals surface area (Å²) in [7, 11) is 0. The summed E-state index contributed by atoms with van der Waals surface area (Å²) >= 11 is 1.46. The van der Waals surface area contributed by atoms with Crippen molar-refractivity contribution in [2.75, 3.05) is 0 Å². The summed E-state index contributed by atoms with van der Waals surface area (Å²) in [6.07, 6.45) is 6.81. The van der Waals surface area contributed by atoms with Crippen molar-refractivity contribution in [2.24, 2.45) is 28.6 Å². The van der Waals surface area contributed by atoms with E-state index in [9.17, 15) is 14.7 Å². The summed E-state index contributed by atoms with van der Waals surface area (Å²) in [4.78, 5) is 24.3. The van der Waals surface area contributed by atoms with Gasteiger partial charge in [0.1, 0.15) is 0 Å². The number of thioether (sulfide) groups is 1. The first-order valence-electron chi connectivity index (χ1n) is 10.8.